The van der Waals surface area contributed by atoms with Crippen LogP contribution in [-0.2, 0) is 7.05 Å². The molecule has 1 aliphatic rings. The third kappa shape index (κ3) is 2.02. The number of hydrogen-bond acceptors (Lipinski definition) is 2. The number of rotatable bonds is 3. The van der Waals surface area contributed by atoms with Gasteiger partial charge in [0.05, 0.1) is 23.0 Å². The zero-order valence-corrected chi connectivity index (χ0v) is 11.7. The Morgan fingerprint density at radius 3 is 2.68 bits per heavy atom. The van der Waals surface area contributed by atoms with Gasteiger partial charge >= 0.3 is 0 Å². The number of benzene rings is 1. The minimum Gasteiger partial charge on any atom is -0.331 e. The second-order valence-corrected chi connectivity index (χ2v) is 5.90. The maximum absolute atomic E-state index is 9.32. The fourth-order valence-corrected chi connectivity index (χ4v) is 2.73. The molecule has 0 bridgehead atoms. The molecule has 1 aliphatic carbocycles. The summed E-state index contributed by atoms with van der Waals surface area (Å²) in [7, 11) is 2.09. The number of nitrogens with zero attached hydrogens (tertiary/aromatic N) is 3. The predicted molar refractivity (Wildman–Crippen MR) is 75.9 cm³/mol. The molecule has 1 saturated carbocycles. The Balaban J connectivity index is 2.10. The van der Waals surface area contributed by atoms with E-state index in [9.17, 15) is 5.26 Å². The fraction of sp³-hybridized carbons (Fsp3) is 0.500. The van der Waals surface area contributed by atoms with Crippen LogP contribution in [0.1, 0.15) is 49.9 Å². The first-order chi connectivity index (χ1) is 9.11. The first-order valence-corrected chi connectivity index (χ1v) is 6.97. The summed E-state index contributed by atoms with van der Waals surface area (Å²) in [6.07, 6.45) is 2.52. The van der Waals surface area contributed by atoms with Crippen LogP contribution in [0, 0.1) is 17.2 Å². The lowest BCUT2D eigenvalue weighted by Gasteiger charge is -2.13. The average molecular weight is 253 g/mol. The minimum atomic E-state index is -0.0383. The van der Waals surface area contributed by atoms with Gasteiger partial charge in [-0.15, -0.1) is 0 Å². The maximum atomic E-state index is 9.32. The molecular formula is C16H19N3. The summed E-state index contributed by atoms with van der Waals surface area (Å²) in [4.78, 5) is 4.73. The molecule has 1 aromatic carbocycles. The Labute approximate surface area is 113 Å². The summed E-state index contributed by atoms with van der Waals surface area (Å²) in [6.45, 7) is 4.19. The van der Waals surface area contributed by atoms with Gasteiger partial charge in [-0.2, -0.15) is 5.26 Å². The number of nitriles is 1. The highest BCUT2D eigenvalue weighted by Gasteiger charge is 2.28. The van der Waals surface area contributed by atoms with Crippen LogP contribution in [0.15, 0.2) is 18.2 Å². The molecule has 0 spiro atoms. The Kier molecular flexibility index (Phi) is 2.82. The molecule has 98 valence electrons. The van der Waals surface area contributed by atoms with Crippen molar-refractivity contribution in [1.82, 2.24) is 9.55 Å². The highest BCUT2D eigenvalue weighted by molar-refractivity contribution is 5.77. The molecule has 0 radical (unpaired) electrons. The Morgan fingerprint density at radius 2 is 2.11 bits per heavy atom. The molecule has 3 nitrogen and oxygen atoms in total. The van der Waals surface area contributed by atoms with Crippen molar-refractivity contribution < 1.29 is 0 Å². The van der Waals surface area contributed by atoms with Crippen LogP contribution in [0.25, 0.3) is 11.0 Å². The van der Waals surface area contributed by atoms with Crippen molar-refractivity contribution in [3.63, 3.8) is 0 Å². The number of hydrogen-bond donors (Lipinski definition) is 0. The van der Waals surface area contributed by atoms with E-state index in [1.54, 1.807) is 0 Å². The first-order valence-electron chi connectivity index (χ1n) is 6.97. The molecule has 0 amide bonds. The largest absolute Gasteiger partial charge is 0.331 e. The van der Waals surface area contributed by atoms with Gasteiger partial charge < -0.3 is 4.57 Å². The third-order valence-corrected chi connectivity index (χ3v) is 4.05. The van der Waals surface area contributed by atoms with E-state index in [2.05, 4.69) is 49.7 Å². The SMILES string of the molecule is CC(C)C(C#N)c1ccc2nc(C3CC3)n(C)c2c1. The molecular weight excluding hydrogens is 234 g/mol. The van der Waals surface area contributed by atoms with Crippen molar-refractivity contribution in [2.45, 2.75) is 38.5 Å². The lowest BCUT2D eigenvalue weighted by atomic mass is 9.90. The van der Waals surface area contributed by atoms with Crippen LogP contribution in [0.2, 0.25) is 0 Å². The van der Waals surface area contributed by atoms with Gasteiger partial charge in [-0.05, 0) is 36.5 Å². The number of fused-ring (bicyclic) bond motifs is 1. The Bertz CT molecular complexity index is 656. The molecule has 1 fully saturated rings. The van der Waals surface area contributed by atoms with E-state index in [0.29, 0.717) is 11.8 Å². The van der Waals surface area contributed by atoms with Crippen LogP contribution in [0.5, 0.6) is 0 Å². The quantitative estimate of drug-likeness (QED) is 0.836. The van der Waals surface area contributed by atoms with Crippen LogP contribution in [0.3, 0.4) is 0 Å². The van der Waals surface area contributed by atoms with E-state index in [4.69, 9.17) is 4.98 Å². The van der Waals surface area contributed by atoms with Crippen molar-refractivity contribution in [3.8, 4) is 6.07 Å². The summed E-state index contributed by atoms with van der Waals surface area (Å²) in [5.41, 5.74) is 3.31. The fourth-order valence-electron chi connectivity index (χ4n) is 2.73. The first kappa shape index (κ1) is 12.2. The molecule has 1 aromatic heterocycles. The molecule has 0 saturated heterocycles. The van der Waals surface area contributed by atoms with E-state index in [1.165, 1.54) is 18.7 Å². The van der Waals surface area contributed by atoms with E-state index < -0.39 is 0 Å². The monoisotopic (exact) mass is 253 g/mol. The van der Waals surface area contributed by atoms with Gasteiger partial charge in [0.25, 0.3) is 0 Å². The zero-order chi connectivity index (χ0) is 13.6. The van der Waals surface area contributed by atoms with Gasteiger partial charge in [-0.1, -0.05) is 19.9 Å². The molecule has 2 aromatic rings. The molecule has 0 aliphatic heterocycles. The summed E-state index contributed by atoms with van der Waals surface area (Å²) in [5, 5.41) is 9.32. The van der Waals surface area contributed by atoms with Gasteiger partial charge in [0.2, 0.25) is 0 Å². The van der Waals surface area contributed by atoms with Crippen molar-refractivity contribution in [2.24, 2.45) is 13.0 Å². The van der Waals surface area contributed by atoms with Crippen LogP contribution in [-0.4, -0.2) is 9.55 Å². The summed E-state index contributed by atoms with van der Waals surface area (Å²) in [5.74, 6) is 2.14. The molecule has 1 unspecified atom stereocenters. The predicted octanol–water partition coefficient (Wildman–Crippen LogP) is 3.71. The second kappa shape index (κ2) is 4.38. The van der Waals surface area contributed by atoms with Gasteiger partial charge in [0, 0.05) is 13.0 Å². The van der Waals surface area contributed by atoms with E-state index in [-0.39, 0.29) is 5.92 Å². The second-order valence-electron chi connectivity index (χ2n) is 5.90. The van der Waals surface area contributed by atoms with Crippen molar-refractivity contribution in [2.75, 3.05) is 0 Å². The van der Waals surface area contributed by atoms with Crippen LogP contribution >= 0.6 is 0 Å². The van der Waals surface area contributed by atoms with E-state index in [1.807, 2.05) is 0 Å². The average Bonchev–Trinajstić information content (AvgIpc) is 3.16. The van der Waals surface area contributed by atoms with Gasteiger partial charge in [0.15, 0.2) is 0 Å². The molecule has 19 heavy (non-hydrogen) atoms. The summed E-state index contributed by atoms with van der Waals surface area (Å²) < 4.78 is 2.20. The maximum Gasteiger partial charge on any atom is 0.112 e. The van der Waals surface area contributed by atoms with Crippen LogP contribution in [0.4, 0.5) is 0 Å². The van der Waals surface area contributed by atoms with E-state index >= 15 is 0 Å². The molecule has 1 heterocycles. The normalized spacial score (nSPS) is 16.8. The Morgan fingerprint density at radius 1 is 1.37 bits per heavy atom. The number of aryl methyl sites for hydroxylation is 1. The van der Waals surface area contributed by atoms with Crippen molar-refractivity contribution in [1.29, 1.82) is 5.26 Å². The molecule has 3 rings (SSSR count). The third-order valence-electron chi connectivity index (χ3n) is 4.05. The van der Waals surface area contributed by atoms with E-state index in [0.717, 1.165) is 16.6 Å². The minimum absolute atomic E-state index is 0.0383. The standard InChI is InChI=1S/C16H19N3/c1-10(2)13(9-17)12-6-7-14-15(8-12)19(3)16(18-14)11-4-5-11/h6-8,10-11,13H,4-5H2,1-3H3. The van der Waals surface area contributed by atoms with Gasteiger partial charge in [0.1, 0.15) is 5.82 Å². The summed E-state index contributed by atoms with van der Waals surface area (Å²) in [6, 6.07) is 8.67. The highest BCUT2D eigenvalue weighted by atomic mass is 15.1. The number of imidazole rings is 1. The zero-order valence-electron chi connectivity index (χ0n) is 11.7. The highest BCUT2D eigenvalue weighted by Crippen LogP contribution is 2.40. The van der Waals surface area contributed by atoms with Crippen molar-refractivity contribution in [3.05, 3.63) is 29.6 Å². The van der Waals surface area contributed by atoms with Crippen LogP contribution < -0.4 is 0 Å². The lowest BCUT2D eigenvalue weighted by Crippen LogP contribution is -2.04. The summed E-state index contributed by atoms with van der Waals surface area (Å²) >= 11 is 0. The van der Waals surface area contributed by atoms with Crippen molar-refractivity contribution >= 4 is 11.0 Å². The Hall–Kier alpha value is -1.82. The molecule has 3 heteroatoms. The molecule has 1 atom stereocenters. The lowest BCUT2D eigenvalue weighted by molar-refractivity contribution is 0.587. The topological polar surface area (TPSA) is 41.6 Å². The van der Waals surface area contributed by atoms with Gasteiger partial charge in [-0.3, -0.25) is 0 Å². The smallest absolute Gasteiger partial charge is 0.112 e. The molecule has 0 N–H and O–H groups in total. The number of aromatic nitrogens is 2. The van der Waals surface area contributed by atoms with Gasteiger partial charge in [-0.25, -0.2) is 4.98 Å².